The molecular formula is C22H24ClFN4O3. The molecule has 0 unspecified atom stereocenters. The van der Waals surface area contributed by atoms with Crippen LogP contribution in [0.3, 0.4) is 0 Å². The lowest BCUT2D eigenvalue weighted by atomic mass is 10.2. The summed E-state index contributed by atoms with van der Waals surface area (Å²) in [4.78, 5) is 8.49. The molecule has 0 amide bonds. The summed E-state index contributed by atoms with van der Waals surface area (Å²) in [5.41, 5.74) is -1.28. The van der Waals surface area contributed by atoms with Gasteiger partial charge in [-0.15, -0.1) is 0 Å². The van der Waals surface area contributed by atoms with Crippen molar-refractivity contribution >= 4 is 34.0 Å². The highest BCUT2D eigenvalue weighted by molar-refractivity contribution is 6.31. The molecule has 1 aliphatic heterocycles. The predicted octanol–water partition coefficient (Wildman–Crippen LogP) is 4.28. The van der Waals surface area contributed by atoms with E-state index >= 15 is 0 Å². The van der Waals surface area contributed by atoms with Gasteiger partial charge in [0.1, 0.15) is 19.3 Å². The average molecular weight is 462 g/mol. The maximum Gasteiger partial charge on any atom is 0.162 e. The van der Waals surface area contributed by atoms with Gasteiger partial charge in [0.15, 0.2) is 11.5 Å². The molecule has 0 aliphatic carbocycles. The van der Waals surface area contributed by atoms with Gasteiger partial charge in [-0.1, -0.05) is 11.6 Å². The van der Waals surface area contributed by atoms with Crippen molar-refractivity contribution < 1.29 is 39.2 Å². The van der Waals surface area contributed by atoms with Crippen LogP contribution in [0.15, 0.2) is 36.5 Å². The van der Waals surface area contributed by atoms with Crippen LogP contribution < -0.4 is 14.8 Å². The molecule has 1 N–H and O–H groups in total. The zero-order chi connectivity index (χ0) is 34.7. The molecule has 2 aromatic carbocycles. The van der Waals surface area contributed by atoms with Gasteiger partial charge in [-0.05, 0) is 30.5 Å². The lowest BCUT2D eigenvalue weighted by molar-refractivity contribution is 0.0357. The molecule has 2 heterocycles. The van der Waals surface area contributed by atoms with Crippen molar-refractivity contribution in [2.75, 3.05) is 51.7 Å². The SMILES string of the molecule is [2H]c1nc(Nc2c([2H])c([2H])c(F)c(Cl)c2[2H])c2c([2H])c(OC([2H])([2H])C([2H])([2H])C([2H])([2H])N3CCOCC3)c(OC([2H])([2H])[2H])c([2H])c2n1. The van der Waals surface area contributed by atoms with Gasteiger partial charge in [-0.25, -0.2) is 14.4 Å². The van der Waals surface area contributed by atoms with Crippen LogP contribution in [0.2, 0.25) is 5.02 Å². The number of nitrogens with one attached hydrogen (secondary N) is 1. The lowest BCUT2D eigenvalue weighted by Crippen LogP contribution is -2.37. The Bertz CT molecular complexity index is 1660. The fourth-order valence-corrected chi connectivity index (χ4v) is 2.67. The number of fused-ring (bicyclic) bond motifs is 1. The van der Waals surface area contributed by atoms with E-state index in [1.165, 1.54) is 0 Å². The Kier molecular flexibility index (Phi) is 3.21. The Hall–Kier alpha value is -2.68. The first kappa shape index (κ1) is 9.85. The average Bonchev–Trinajstić information content (AvgIpc) is 2.97. The van der Waals surface area contributed by atoms with Gasteiger partial charge in [0.25, 0.3) is 0 Å². The molecule has 1 saturated heterocycles. The van der Waals surface area contributed by atoms with Crippen molar-refractivity contribution in [1.29, 1.82) is 0 Å². The van der Waals surface area contributed by atoms with E-state index in [2.05, 4.69) is 15.3 Å². The summed E-state index contributed by atoms with van der Waals surface area (Å²) in [6.07, 6.45) is -4.39. The molecule has 0 atom stereocenters. The van der Waals surface area contributed by atoms with Crippen molar-refractivity contribution in [3.05, 3.63) is 47.4 Å². The maximum absolute atomic E-state index is 14.2. The summed E-state index contributed by atoms with van der Waals surface area (Å²) < 4.78 is 152. The van der Waals surface area contributed by atoms with Crippen LogP contribution >= 0.6 is 11.6 Å². The predicted molar refractivity (Wildman–Crippen MR) is 118 cm³/mol. The van der Waals surface area contributed by atoms with E-state index in [0.717, 1.165) is 4.90 Å². The van der Waals surface area contributed by atoms with E-state index in [0.29, 0.717) is 0 Å². The highest BCUT2D eigenvalue weighted by Gasteiger charge is 2.14. The largest absolute Gasteiger partial charge is 0.493 e. The monoisotopic (exact) mass is 461 g/mol. The first-order valence-electron chi connectivity index (χ1n) is 16.3. The molecule has 0 radical (unpaired) electrons. The topological polar surface area (TPSA) is 68.7 Å². The normalized spacial score (nSPS) is 23.4. The molecular weight excluding hydrogens is 423 g/mol. The molecule has 1 fully saturated rings. The lowest BCUT2D eigenvalue weighted by Gasteiger charge is -2.26. The van der Waals surface area contributed by atoms with Crippen LogP contribution in [0.5, 0.6) is 11.5 Å². The molecule has 0 bridgehead atoms. The minimum atomic E-state index is -3.70. The standard InChI is InChI=1S/C22H24ClFN4O3/c1-29-20-13-19-16(12-21(20)31-8-2-5-28-6-9-30-10-7-28)22(26-14-25-19)27-15-3-4-18(24)17(23)11-15/h3-4,11-14H,2,5-10H2,1H3,(H,25,26,27)/i1D3,2D2,3D,4D,5D2,8D2,11D,12D,13D,14D. The number of hydrogen-bond donors (Lipinski definition) is 1. The number of hydrogen-bond acceptors (Lipinski definition) is 7. The second kappa shape index (κ2) is 10.1. The molecule has 164 valence electrons. The van der Waals surface area contributed by atoms with Gasteiger partial charge in [0, 0.05) is 42.2 Å². The van der Waals surface area contributed by atoms with Crippen molar-refractivity contribution in [3.63, 3.8) is 0 Å². The Labute approximate surface area is 206 Å². The highest BCUT2D eigenvalue weighted by Crippen LogP contribution is 2.35. The van der Waals surface area contributed by atoms with Crippen molar-refractivity contribution in [3.8, 4) is 11.5 Å². The molecule has 7 nitrogen and oxygen atoms in total. The fourth-order valence-electron chi connectivity index (χ4n) is 2.53. The molecule has 3 aromatic rings. The number of methoxy groups -OCH3 is 1. The minimum absolute atomic E-state index is 0.0224. The first-order valence-corrected chi connectivity index (χ1v) is 9.15. The minimum Gasteiger partial charge on any atom is -0.493 e. The Balaban J connectivity index is 1.97. The number of aromatic nitrogens is 2. The summed E-state index contributed by atoms with van der Waals surface area (Å²) in [7, 11) is -3.35. The van der Waals surface area contributed by atoms with Crippen molar-refractivity contribution in [1.82, 2.24) is 14.9 Å². The van der Waals surface area contributed by atoms with Crippen LogP contribution in [-0.2, 0) is 4.74 Å². The van der Waals surface area contributed by atoms with E-state index in [-0.39, 0.29) is 26.3 Å². The zero-order valence-corrected chi connectivity index (χ0v) is 16.4. The Morgan fingerprint density at radius 3 is 3.00 bits per heavy atom. The van der Waals surface area contributed by atoms with E-state index in [1.807, 2.05) is 0 Å². The first-order chi connectivity index (χ1) is 21.0. The quantitative estimate of drug-likeness (QED) is 0.537. The number of halogens is 2. The third kappa shape index (κ3) is 5.33. The Morgan fingerprint density at radius 1 is 1.29 bits per heavy atom. The van der Waals surface area contributed by atoms with Gasteiger partial charge < -0.3 is 19.5 Å². The molecule has 9 heteroatoms. The second-order valence-electron chi connectivity index (χ2n) is 5.95. The van der Waals surface area contributed by atoms with Gasteiger partial charge in [0.2, 0.25) is 0 Å². The molecule has 4 rings (SSSR count). The van der Waals surface area contributed by atoms with E-state index < -0.39 is 108 Å². The third-order valence-corrected chi connectivity index (χ3v) is 4.23. The van der Waals surface area contributed by atoms with Crippen molar-refractivity contribution in [2.24, 2.45) is 0 Å². The fraction of sp³-hybridized carbons (Fsp3) is 0.364. The molecule has 1 aromatic heterocycles. The van der Waals surface area contributed by atoms with Crippen LogP contribution in [0.1, 0.15) is 26.9 Å². The van der Waals surface area contributed by atoms with Crippen LogP contribution in [0.25, 0.3) is 10.9 Å². The summed E-state index contributed by atoms with van der Waals surface area (Å²) >= 11 is 5.80. The van der Waals surface area contributed by atoms with E-state index in [1.54, 1.807) is 0 Å². The molecule has 0 spiro atoms. The summed E-state index contributed by atoms with van der Waals surface area (Å²) in [6, 6.07) is -4.79. The number of nitrogens with zero attached hydrogens (tertiary/aromatic N) is 3. The molecule has 31 heavy (non-hydrogen) atoms. The summed E-state index contributed by atoms with van der Waals surface area (Å²) in [5.74, 6) is -4.34. The smallest absolute Gasteiger partial charge is 0.162 e. The highest BCUT2D eigenvalue weighted by atomic mass is 35.5. The van der Waals surface area contributed by atoms with Crippen molar-refractivity contribution in [2.45, 2.75) is 6.37 Å². The number of anilines is 2. The number of ether oxygens (including phenoxy) is 3. The van der Waals surface area contributed by atoms with Gasteiger partial charge in [-0.2, -0.15) is 0 Å². The number of morpholine rings is 1. The summed E-state index contributed by atoms with van der Waals surface area (Å²) in [6.45, 7) is -6.94. The van der Waals surface area contributed by atoms with E-state index in [4.69, 9.17) is 46.4 Å². The van der Waals surface area contributed by atoms with Gasteiger partial charge >= 0.3 is 0 Å². The molecule has 1 aliphatic rings. The number of benzene rings is 2. The van der Waals surface area contributed by atoms with Gasteiger partial charge in [0.05, 0.1) is 51.1 Å². The number of rotatable bonds is 8. The summed E-state index contributed by atoms with van der Waals surface area (Å²) in [5, 5.41) is 0.905. The van der Waals surface area contributed by atoms with Crippen LogP contribution in [0, 0.1) is 5.82 Å². The third-order valence-electron chi connectivity index (χ3n) is 3.97. The van der Waals surface area contributed by atoms with E-state index in [9.17, 15) is 4.39 Å². The zero-order valence-electron chi connectivity index (χ0n) is 30.7. The van der Waals surface area contributed by atoms with Crippen LogP contribution in [-0.4, -0.2) is 61.3 Å². The molecule has 0 saturated carbocycles. The maximum atomic E-state index is 14.2. The van der Waals surface area contributed by atoms with Gasteiger partial charge in [-0.3, -0.25) is 4.90 Å². The second-order valence-corrected chi connectivity index (χ2v) is 6.33. The van der Waals surface area contributed by atoms with Crippen LogP contribution in [0.4, 0.5) is 15.9 Å². The Morgan fingerprint density at radius 2 is 2.16 bits per heavy atom.